The van der Waals surface area contributed by atoms with Crippen molar-refractivity contribution in [2.75, 3.05) is 5.32 Å². The summed E-state index contributed by atoms with van der Waals surface area (Å²) in [5, 5.41) is 8.03. The van der Waals surface area contributed by atoms with Crippen molar-refractivity contribution in [2.24, 2.45) is 0 Å². The summed E-state index contributed by atoms with van der Waals surface area (Å²) in [4.78, 5) is 12.9. The standard InChI is InChI=1S/C26H23BrClN3O2/c1-17-10-11-24(18(2)12-17)33-16-19-6-5-8-20(13-19)26(32)29-25-22(27)15-31(30-25)14-21-7-3-4-9-23(21)28/h3-13,15H,14,16H2,1-2H3,(H,29,30,32). The van der Waals surface area contributed by atoms with E-state index >= 15 is 0 Å². The van der Waals surface area contributed by atoms with Gasteiger partial charge in [0.25, 0.3) is 5.91 Å². The highest BCUT2D eigenvalue weighted by atomic mass is 79.9. The lowest BCUT2D eigenvalue weighted by Crippen LogP contribution is -2.13. The van der Waals surface area contributed by atoms with Crippen LogP contribution in [0.25, 0.3) is 0 Å². The van der Waals surface area contributed by atoms with Gasteiger partial charge in [-0.3, -0.25) is 9.48 Å². The number of carbonyl (C=O) groups excluding carboxylic acids is 1. The maximum Gasteiger partial charge on any atom is 0.256 e. The van der Waals surface area contributed by atoms with Gasteiger partial charge >= 0.3 is 0 Å². The van der Waals surface area contributed by atoms with Crippen LogP contribution in [0.1, 0.15) is 32.6 Å². The number of nitrogens with one attached hydrogen (secondary N) is 1. The van der Waals surface area contributed by atoms with E-state index in [2.05, 4.69) is 39.3 Å². The van der Waals surface area contributed by atoms with Crippen molar-refractivity contribution in [1.29, 1.82) is 0 Å². The highest BCUT2D eigenvalue weighted by Crippen LogP contribution is 2.24. The molecular formula is C26H23BrClN3O2. The van der Waals surface area contributed by atoms with Crippen molar-refractivity contribution >= 4 is 39.3 Å². The number of rotatable bonds is 7. The van der Waals surface area contributed by atoms with Gasteiger partial charge in [0.1, 0.15) is 12.4 Å². The molecule has 0 spiro atoms. The first kappa shape index (κ1) is 23.1. The lowest BCUT2D eigenvalue weighted by Gasteiger charge is -2.11. The third-order valence-corrected chi connectivity index (χ3v) is 6.10. The third-order valence-electron chi connectivity index (χ3n) is 5.15. The second-order valence-electron chi connectivity index (χ2n) is 7.83. The number of hydrogen-bond donors (Lipinski definition) is 1. The molecule has 0 saturated carbocycles. The molecule has 168 valence electrons. The number of amides is 1. The van der Waals surface area contributed by atoms with Gasteiger partial charge in [0.15, 0.2) is 5.82 Å². The second-order valence-corrected chi connectivity index (χ2v) is 9.09. The first-order valence-corrected chi connectivity index (χ1v) is 11.6. The number of nitrogens with zero attached hydrogens (tertiary/aromatic N) is 2. The van der Waals surface area contributed by atoms with Crippen LogP contribution in [0.15, 0.2) is 77.4 Å². The molecule has 0 aliphatic carbocycles. The second kappa shape index (κ2) is 10.2. The lowest BCUT2D eigenvalue weighted by molar-refractivity contribution is 0.102. The van der Waals surface area contributed by atoms with E-state index in [0.717, 1.165) is 22.4 Å². The number of aryl methyl sites for hydroxylation is 2. The van der Waals surface area contributed by atoms with Crippen LogP contribution in [0.2, 0.25) is 5.02 Å². The SMILES string of the molecule is Cc1ccc(OCc2cccc(C(=O)Nc3nn(Cc4ccccc4Cl)cc3Br)c2)c(C)c1. The summed E-state index contributed by atoms with van der Waals surface area (Å²) in [7, 11) is 0. The molecule has 1 aromatic heterocycles. The summed E-state index contributed by atoms with van der Waals surface area (Å²) < 4.78 is 8.38. The molecule has 0 aliphatic rings. The van der Waals surface area contributed by atoms with Gasteiger partial charge in [-0.2, -0.15) is 5.10 Å². The minimum absolute atomic E-state index is 0.243. The van der Waals surface area contributed by atoms with E-state index in [4.69, 9.17) is 16.3 Å². The Balaban J connectivity index is 1.42. The quantitative estimate of drug-likeness (QED) is 0.289. The summed E-state index contributed by atoms with van der Waals surface area (Å²) in [5.41, 5.74) is 4.67. The van der Waals surface area contributed by atoms with E-state index in [1.807, 2.05) is 67.7 Å². The van der Waals surface area contributed by atoms with Crippen LogP contribution in [-0.4, -0.2) is 15.7 Å². The molecular weight excluding hydrogens is 502 g/mol. The van der Waals surface area contributed by atoms with Gasteiger partial charge < -0.3 is 10.1 Å². The topological polar surface area (TPSA) is 56.1 Å². The van der Waals surface area contributed by atoms with Crippen LogP contribution in [0, 0.1) is 13.8 Å². The number of halogens is 2. The maximum atomic E-state index is 12.9. The summed E-state index contributed by atoms with van der Waals surface area (Å²) in [6.07, 6.45) is 1.81. The Bertz CT molecular complexity index is 1300. The first-order chi connectivity index (χ1) is 15.9. The Morgan fingerprint density at radius 3 is 2.70 bits per heavy atom. The molecule has 1 N–H and O–H groups in total. The third kappa shape index (κ3) is 5.83. The van der Waals surface area contributed by atoms with E-state index < -0.39 is 0 Å². The molecule has 3 aromatic carbocycles. The lowest BCUT2D eigenvalue weighted by atomic mass is 10.1. The minimum atomic E-state index is -0.243. The van der Waals surface area contributed by atoms with Crippen LogP contribution in [0.3, 0.4) is 0 Å². The van der Waals surface area contributed by atoms with Gasteiger partial charge in [-0.05, 0) is 70.7 Å². The number of anilines is 1. The van der Waals surface area contributed by atoms with Crippen molar-refractivity contribution < 1.29 is 9.53 Å². The fraction of sp³-hybridized carbons (Fsp3) is 0.154. The largest absolute Gasteiger partial charge is 0.489 e. The van der Waals surface area contributed by atoms with E-state index in [9.17, 15) is 4.79 Å². The molecule has 1 heterocycles. The summed E-state index contributed by atoms with van der Waals surface area (Å²) in [6.45, 7) is 4.95. The Labute approximate surface area is 206 Å². The number of benzene rings is 3. The maximum absolute atomic E-state index is 12.9. The Morgan fingerprint density at radius 2 is 1.91 bits per heavy atom. The molecule has 0 aliphatic heterocycles. The van der Waals surface area contributed by atoms with Crippen LogP contribution in [0.5, 0.6) is 5.75 Å². The van der Waals surface area contributed by atoms with E-state index in [0.29, 0.717) is 34.0 Å². The predicted octanol–water partition coefficient (Wildman–Crippen LogP) is 6.80. The normalized spacial score (nSPS) is 10.8. The van der Waals surface area contributed by atoms with Crippen molar-refractivity contribution in [3.8, 4) is 5.75 Å². The molecule has 0 bridgehead atoms. The van der Waals surface area contributed by atoms with Crippen molar-refractivity contribution in [3.05, 3.63) is 110 Å². The van der Waals surface area contributed by atoms with Crippen LogP contribution < -0.4 is 10.1 Å². The van der Waals surface area contributed by atoms with Crippen molar-refractivity contribution in [1.82, 2.24) is 9.78 Å². The zero-order chi connectivity index (χ0) is 23.4. The Morgan fingerprint density at radius 1 is 1.09 bits per heavy atom. The van der Waals surface area contributed by atoms with Gasteiger partial charge in [-0.1, -0.05) is 59.6 Å². The van der Waals surface area contributed by atoms with Gasteiger partial charge in [0, 0.05) is 16.8 Å². The fourth-order valence-electron chi connectivity index (χ4n) is 3.47. The van der Waals surface area contributed by atoms with Gasteiger partial charge in [-0.15, -0.1) is 0 Å². The zero-order valence-corrected chi connectivity index (χ0v) is 20.7. The van der Waals surface area contributed by atoms with Gasteiger partial charge in [0.05, 0.1) is 11.0 Å². The molecule has 0 saturated heterocycles. The average molecular weight is 525 g/mol. The molecule has 0 radical (unpaired) electrons. The molecule has 0 atom stereocenters. The molecule has 4 aromatic rings. The summed E-state index contributed by atoms with van der Waals surface area (Å²) >= 11 is 9.72. The van der Waals surface area contributed by atoms with Gasteiger partial charge in [0.2, 0.25) is 0 Å². The summed E-state index contributed by atoms with van der Waals surface area (Å²) in [5.74, 6) is 1.04. The van der Waals surface area contributed by atoms with Crippen LogP contribution in [0.4, 0.5) is 5.82 Å². The Hall–Kier alpha value is -3.09. The van der Waals surface area contributed by atoms with Gasteiger partial charge in [-0.25, -0.2) is 0 Å². The molecule has 0 unspecified atom stereocenters. The van der Waals surface area contributed by atoms with Crippen molar-refractivity contribution in [3.63, 3.8) is 0 Å². The molecule has 4 rings (SSSR count). The molecule has 33 heavy (non-hydrogen) atoms. The molecule has 1 amide bonds. The highest BCUT2D eigenvalue weighted by Gasteiger charge is 2.13. The zero-order valence-electron chi connectivity index (χ0n) is 18.3. The molecule has 0 fully saturated rings. The van der Waals surface area contributed by atoms with Crippen molar-refractivity contribution in [2.45, 2.75) is 27.0 Å². The number of hydrogen-bond acceptors (Lipinski definition) is 3. The average Bonchev–Trinajstić information content (AvgIpc) is 3.13. The highest BCUT2D eigenvalue weighted by molar-refractivity contribution is 9.10. The summed E-state index contributed by atoms with van der Waals surface area (Å²) in [6, 6.07) is 21.1. The van der Waals surface area contributed by atoms with E-state index in [1.165, 1.54) is 5.56 Å². The smallest absolute Gasteiger partial charge is 0.256 e. The van der Waals surface area contributed by atoms with Crippen LogP contribution in [-0.2, 0) is 13.2 Å². The van der Waals surface area contributed by atoms with E-state index in [1.54, 1.807) is 10.7 Å². The predicted molar refractivity (Wildman–Crippen MR) is 135 cm³/mol. The van der Waals surface area contributed by atoms with Crippen LogP contribution >= 0.6 is 27.5 Å². The Kier molecular flexibility index (Phi) is 7.16. The number of carbonyl (C=O) groups is 1. The van der Waals surface area contributed by atoms with E-state index in [-0.39, 0.29) is 5.91 Å². The fourth-order valence-corrected chi connectivity index (χ4v) is 4.08. The monoisotopic (exact) mass is 523 g/mol. The number of ether oxygens (including phenoxy) is 1. The molecule has 5 nitrogen and oxygen atoms in total. The first-order valence-electron chi connectivity index (χ1n) is 10.5. The number of aromatic nitrogens is 2. The minimum Gasteiger partial charge on any atom is -0.489 e. The molecule has 7 heteroatoms.